The average Bonchev–Trinajstić information content (AvgIpc) is 3.24. The summed E-state index contributed by atoms with van der Waals surface area (Å²) in [5, 5.41) is 5.90. The van der Waals surface area contributed by atoms with Gasteiger partial charge in [-0.1, -0.05) is 48.0 Å². The Morgan fingerprint density at radius 1 is 0.912 bits per heavy atom. The summed E-state index contributed by atoms with van der Waals surface area (Å²) in [5.41, 5.74) is 5.15. The van der Waals surface area contributed by atoms with Crippen molar-refractivity contribution >= 4 is 49.7 Å². The molecule has 4 aromatic rings. The molecule has 7 heteroatoms. The van der Waals surface area contributed by atoms with E-state index in [0.29, 0.717) is 16.3 Å². The van der Waals surface area contributed by atoms with Crippen molar-refractivity contribution in [2.45, 2.75) is 19.4 Å². The number of amides is 1. The molecule has 4 aromatic carbocycles. The van der Waals surface area contributed by atoms with Crippen LogP contribution in [0.4, 0.5) is 11.4 Å². The molecule has 0 bridgehead atoms. The molecule has 0 saturated heterocycles. The quantitative estimate of drug-likeness (QED) is 0.371. The smallest absolute Gasteiger partial charge is 0.255 e. The zero-order valence-electron chi connectivity index (χ0n) is 18.6. The Balaban J connectivity index is 1.38. The molecule has 0 spiro atoms. The van der Waals surface area contributed by atoms with Crippen LogP contribution in [0.5, 0.6) is 0 Å². The number of halogens is 1. The fourth-order valence-electron chi connectivity index (χ4n) is 4.49. The number of hydrogen-bond donors (Lipinski definition) is 1. The fourth-order valence-corrected chi connectivity index (χ4v) is 5.50. The SMILES string of the molecule is CS(=O)(=O)N(Cc1ccc(Cl)cc1)c1ccc(C(=O)Nc2ccc3c4c(cccc24)CC3)cc1. The highest BCUT2D eigenvalue weighted by Crippen LogP contribution is 2.35. The summed E-state index contributed by atoms with van der Waals surface area (Å²) in [6, 6.07) is 23.9. The fraction of sp³-hybridized carbons (Fsp3) is 0.148. The molecule has 1 N–H and O–H groups in total. The van der Waals surface area contributed by atoms with Gasteiger partial charge in [0.2, 0.25) is 10.0 Å². The van der Waals surface area contributed by atoms with Crippen LogP contribution in [0.15, 0.2) is 78.9 Å². The van der Waals surface area contributed by atoms with Gasteiger partial charge in [0.25, 0.3) is 5.91 Å². The van der Waals surface area contributed by atoms with E-state index in [4.69, 9.17) is 11.6 Å². The summed E-state index contributed by atoms with van der Waals surface area (Å²) in [7, 11) is -3.53. The molecule has 0 atom stereocenters. The Labute approximate surface area is 204 Å². The van der Waals surface area contributed by atoms with Gasteiger partial charge in [-0.15, -0.1) is 0 Å². The molecular formula is C27H23ClN2O3S. The third-order valence-electron chi connectivity index (χ3n) is 6.18. The second kappa shape index (κ2) is 8.78. The number of sulfonamides is 1. The lowest BCUT2D eigenvalue weighted by molar-refractivity contribution is 0.102. The summed E-state index contributed by atoms with van der Waals surface area (Å²) >= 11 is 5.94. The molecule has 0 aliphatic heterocycles. The number of anilines is 2. The van der Waals surface area contributed by atoms with Crippen molar-refractivity contribution in [2.75, 3.05) is 15.9 Å². The molecule has 1 aliphatic rings. The second-order valence-electron chi connectivity index (χ2n) is 8.51. The predicted octanol–water partition coefficient (Wildman–Crippen LogP) is 5.81. The highest BCUT2D eigenvalue weighted by molar-refractivity contribution is 7.92. The van der Waals surface area contributed by atoms with Gasteiger partial charge in [0.05, 0.1) is 18.5 Å². The number of carbonyl (C=O) groups excluding carboxylic acids is 1. The molecule has 0 heterocycles. The number of nitrogens with one attached hydrogen (secondary N) is 1. The zero-order valence-corrected chi connectivity index (χ0v) is 20.2. The lowest BCUT2D eigenvalue weighted by Crippen LogP contribution is -2.29. The molecule has 172 valence electrons. The van der Waals surface area contributed by atoms with Crippen molar-refractivity contribution in [2.24, 2.45) is 0 Å². The van der Waals surface area contributed by atoms with Gasteiger partial charge in [-0.3, -0.25) is 9.10 Å². The number of benzene rings is 4. The molecule has 5 nitrogen and oxygen atoms in total. The Bertz CT molecular complexity index is 1490. The Kier molecular flexibility index (Phi) is 5.80. The molecule has 1 amide bonds. The molecule has 1 aliphatic carbocycles. The third-order valence-corrected chi connectivity index (χ3v) is 7.57. The van der Waals surface area contributed by atoms with E-state index in [1.165, 1.54) is 27.1 Å². The number of carbonyl (C=O) groups is 1. The van der Waals surface area contributed by atoms with E-state index in [-0.39, 0.29) is 12.5 Å². The second-order valence-corrected chi connectivity index (χ2v) is 10.9. The van der Waals surface area contributed by atoms with Crippen molar-refractivity contribution in [1.82, 2.24) is 0 Å². The van der Waals surface area contributed by atoms with Gasteiger partial charge < -0.3 is 5.32 Å². The monoisotopic (exact) mass is 490 g/mol. The molecule has 0 fully saturated rings. The van der Waals surface area contributed by atoms with Crippen LogP contribution < -0.4 is 9.62 Å². The highest BCUT2D eigenvalue weighted by Gasteiger charge is 2.20. The first-order valence-corrected chi connectivity index (χ1v) is 13.2. The summed E-state index contributed by atoms with van der Waals surface area (Å²) in [6.07, 6.45) is 3.22. The van der Waals surface area contributed by atoms with Crippen LogP contribution in [0.2, 0.25) is 5.02 Å². The van der Waals surface area contributed by atoms with E-state index in [1.54, 1.807) is 48.5 Å². The molecule has 0 aromatic heterocycles. The Morgan fingerprint density at radius 3 is 2.26 bits per heavy atom. The van der Waals surface area contributed by atoms with E-state index in [1.807, 2.05) is 18.2 Å². The lowest BCUT2D eigenvalue weighted by Gasteiger charge is -2.23. The summed E-state index contributed by atoms with van der Waals surface area (Å²) in [5.74, 6) is -0.242. The summed E-state index contributed by atoms with van der Waals surface area (Å²) in [4.78, 5) is 13.0. The molecule has 0 radical (unpaired) electrons. The van der Waals surface area contributed by atoms with Crippen molar-refractivity contribution in [1.29, 1.82) is 0 Å². The van der Waals surface area contributed by atoms with Crippen molar-refractivity contribution in [3.8, 4) is 0 Å². The van der Waals surface area contributed by atoms with Crippen LogP contribution in [0.3, 0.4) is 0 Å². The van der Waals surface area contributed by atoms with Gasteiger partial charge in [-0.25, -0.2) is 8.42 Å². The Morgan fingerprint density at radius 2 is 1.59 bits per heavy atom. The largest absolute Gasteiger partial charge is 0.321 e. The number of hydrogen-bond acceptors (Lipinski definition) is 3. The molecule has 5 rings (SSSR count). The highest BCUT2D eigenvalue weighted by atomic mass is 35.5. The van der Waals surface area contributed by atoms with Crippen LogP contribution in [0.1, 0.15) is 27.0 Å². The van der Waals surface area contributed by atoms with Crippen molar-refractivity contribution in [3.63, 3.8) is 0 Å². The maximum Gasteiger partial charge on any atom is 0.255 e. The minimum atomic E-state index is -3.53. The molecule has 0 saturated carbocycles. The van der Waals surface area contributed by atoms with Gasteiger partial charge in [-0.2, -0.15) is 0 Å². The van der Waals surface area contributed by atoms with E-state index in [2.05, 4.69) is 17.4 Å². The first-order chi connectivity index (χ1) is 16.3. The Hall–Kier alpha value is -3.35. The standard InChI is InChI=1S/C27H23ClN2O3S/c1-34(32,33)30(17-18-5-12-22(28)13-6-18)23-14-9-21(10-15-23)27(31)29-25-16-11-20-8-7-19-3-2-4-24(25)26(19)20/h2-6,9-16H,7-8,17H2,1H3,(H,29,31). The van der Waals surface area contributed by atoms with Crippen molar-refractivity contribution in [3.05, 3.63) is 106 Å². The molecule has 34 heavy (non-hydrogen) atoms. The molecular weight excluding hydrogens is 468 g/mol. The predicted molar refractivity (Wildman–Crippen MR) is 138 cm³/mol. The van der Waals surface area contributed by atoms with Crippen LogP contribution >= 0.6 is 11.6 Å². The lowest BCUT2D eigenvalue weighted by atomic mass is 10.0. The first kappa shape index (κ1) is 22.4. The first-order valence-electron chi connectivity index (χ1n) is 11.0. The van der Waals surface area contributed by atoms with Crippen LogP contribution in [0.25, 0.3) is 10.8 Å². The van der Waals surface area contributed by atoms with Gasteiger partial charge >= 0.3 is 0 Å². The van der Waals surface area contributed by atoms with E-state index >= 15 is 0 Å². The maximum atomic E-state index is 13.0. The van der Waals surface area contributed by atoms with Crippen LogP contribution in [-0.4, -0.2) is 20.6 Å². The van der Waals surface area contributed by atoms with E-state index < -0.39 is 10.0 Å². The van der Waals surface area contributed by atoms with Gasteiger partial charge in [-0.05, 0) is 77.4 Å². The zero-order chi connectivity index (χ0) is 23.9. The van der Waals surface area contributed by atoms with Crippen LogP contribution in [-0.2, 0) is 29.4 Å². The van der Waals surface area contributed by atoms with Crippen LogP contribution in [0, 0.1) is 0 Å². The average molecular weight is 491 g/mol. The van der Waals surface area contributed by atoms with Crippen molar-refractivity contribution < 1.29 is 13.2 Å². The topological polar surface area (TPSA) is 66.5 Å². The maximum absolute atomic E-state index is 13.0. The minimum absolute atomic E-state index is 0.169. The number of rotatable bonds is 6. The van der Waals surface area contributed by atoms with Gasteiger partial charge in [0.15, 0.2) is 0 Å². The molecule has 0 unspecified atom stereocenters. The van der Waals surface area contributed by atoms with Gasteiger partial charge in [0.1, 0.15) is 0 Å². The number of nitrogens with zero attached hydrogens (tertiary/aromatic N) is 1. The summed E-state index contributed by atoms with van der Waals surface area (Å²) < 4.78 is 26.2. The normalized spacial score (nSPS) is 12.6. The van der Waals surface area contributed by atoms with E-state index in [9.17, 15) is 13.2 Å². The third kappa shape index (κ3) is 4.39. The van der Waals surface area contributed by atoms with E-state index in [0.717, 1.165) is 29.5 Å². The minimum Gasteiger partial charge on any atom is -0.321 e. The summed E-state index contributed by atoms with van der Waals surface area (Å²) in [6.45, 7) is 0.169. The number of aryl methyl sites for hydroxylation is 2. The van der Waals surface area contributed by atoms with Gasteiger partial charge in [0, 0.05) is 21.7 Å².